The van der Waals surface area contributed by atoms with Crippen LogP contribution in [-0.2, 0) is 12.2 Å². The minimum absolute atomic E-state index is 0.709. The molecule has 4 heteroatoms. The van der Waals surface area contributed by atoms with E-state index in [0.717, 1.165) is 39.5 Å². The molecule has 1 aliphatic heterocycles. The topological polar surface area (TPSA) is 12.9 Å². The van der Waals surface area contributed by atoms with E-state index in [0.29, 0.717) is 5.02 Å². The van der Waals surface area contributed by atoms with Crippen molar-refractivity contribution in [3.05, 3.63) is 39.5 Å². The van der Waals surface area contributed by atoms with E-state index < -0.39 is 0 Å². The highest BCUT2D eigenvalue weighted by molar-refractivity contribution is 7.98. The van der Waals surface area contributed by atoms with Gasteiger partial charge >= 0.3 is 0 Å². The van der Waals surface area contributed by atoms with E-state index in [9.17, 15) is 0 Å². The van der Waals surface area contributed by atoms with Gasteiger partial charge in [0.2, 0.25) is 0 Å². The second-order valence-corrected chi connectivity index (χ2v) is 5.73. The third-order valence-electron chi connectivity index (χ3n) is 2.79. The van der Waals surface area contributed by atoms with Crippen LogP contribution in [-0.4, -0.2) is 10.7 Å². The number of rotatable bonds is 0. The van der Waals surface area contributed by atoms with Crippen molar-refractivity contribution in [3.63, 3.8) is 0 Å². The maximum atomic E-state index is 6.42. The van der Waals surface area contributed by atoms with Crippen molar-refractivity contribution < 1.29 is 0 Å². The van der Waals surface area contributed by atoms with Crippen LogP contribution in [0.5, 0.6) is 0 Å². The minimum atomic E-state index is 0.709. The number of aromatic nitrogens is 1. The predicted octanol–water partition coefficient (Wildman–Crippen LogP) is 4.33. The van der Waals surface area contributed by atoms with Crippen molar-refractivity contribution in [2.75, 3.05) is 5.75 Å². The number of hydrogen-bond acceptors (Lipinski definition) is 2. The molecule has 0 spiro atoms. The van der Waals surface area contributed by atoms with Crippen molar-refractivity contribution in [3.8, 4) is 0 Å². The molecule has 3 rings (SSSR count). The maximum absolute atomic E-state index is 6.42. The molecule has 1 aromatic heterocycles. The number of nitrogens with zero attached hydrogens (tertiary/aromatic N) is 1. The summed E-state index contributed by atoms with van der Waals surface area (Å²) in [6.07, 6.45) is 1.00. The highest BCUT2D eigenvalue weighted by atomic mass is 35.5. The van der Waals surface area contributed by atoms with Crippen LogP contribution in [0.25, 0.3) is 10.9 Å². The predicted molar refractivity (Wildman–Crippen MR) is 71.6 cm³/mol. The van der Waals surface area contributed by atoms with Gasteiger partial charge in [0, 0.05) is 27.4 Å². The lowest BCUT2D eigenvalue weighted by Gasteiger charge is -2.17. The zero-order valence-electron chi connectivity index (χ0n) is 8.46. The molecule has 0 N–H and O–H groups in total. The highest BCUT2D eigenvalue weighted by Crippen LogP contribution is 2.35. The average Bonchev–Trinajstić information content (AvgIpc) is 2.29. The van der Waals surface area contributed by atoms with E-state index in [-0.39, 0.29) is 0 Å². The molecule has 82 valence electrons. The summed E-state index contributed by atoms with van der Waals surface area (Å²) in [7, 11) is 0. The molecule has 0 aliphatic carbocycles. The summed E-state index contributed by atoms with van der Waals surface area (Å²) in [5.41, 5.74) is 3.24. The van der Waals surface area contributed by atoms with Gasteiger partial charge in [-0.15, -0.1) is 0 Å². The molecule has 1 aliphatic rings. The number of aryl methyl sites for hydroxylation is 1. The van der Waals surface area contributed by atoms with Gasteiger partial charge in [0.05, 0.1) is 10.5 Å². The van der Waals surface area contributed by atoms with E-state index in [2.05, 4.69) is 4.98 Å². The Labute approximate surface area is 108 Å². The van der Waals surface area contributed by atoms with Crippen molar-refractivity contribution >= 4 is 45.9 Å². The Kier molecular flexibility index (Phi) is 2.74. The van der Waals surface area contributed by atoms with Gasteiger partial charge in [-0.2, -0.15) is 11.8 Å². The first-order chi connectivity index (χ1) is 7.75. The number of fused-ring (bicyclic) bond motifs is 2. The average molecular weight is 270 g/mol. The van der Waals surface area contributed by atoms with Crippen LogP contribution in [0.15, 0.2) is 18.2 Å². The van der Waals surface area contributed by atoms with Gasteiger partial charge in [0.15, 0.2) is 0 Å². The third kappa shape index (κ3) is 1.69. The van der Waals surface area contributed by atoms with Gasteiger partial charge in [-0.3, -0.25) is 4.98 Å². The Morgan fingerprint density at radius 1 is 1.25 bits per heavy atom. The lowest BCUT2D eigenvalue weighted by Crippen LogP contribution is -2.06. The van der Waals surface area contributed by atoms with E-state index in [1.807, 2.05) is 30.0 Å². The normalized spacial score (nSPS) is 15.1. The molecule has 0 saturated heterocycles. The first-order valence-electron chi connectivity index (χ1n) is 5.10. The molecular weight excluding hydrogens is 261 g/mol. The van der Waals surface area contributed by atoms with Crippen LogP contribution in [0.4, 0.5) is 0 Å². The van der Waals surface area contributed by atoms with Crippen molar-refractivity contribution in [2.45, 2.75) is 12.2 Å². The van der Waals surface area contributed by atoms with Crippen molar-refractivity contribution in [2.24, 2.45) is 0 Å². The molecule has 0 bridgehead atoms. The smallest absolute Gasteiger partial charge is 0.0735 e. The second kappa shape index (κ2) is 4.10. The van der Waals surface area contributed by atoms with Crippen LogP contribution in [0.2, 0.25) is 10.0 Å². The number of thioether (sulfide) groups is 1. The molecule has 1 aromatic carbocycles. The van der Waals surface area contributed by atoms with Crippen LogP contribution in [0.1, 0.15) is 11.3 Å². The Balaban J connectivity index is 2.34. The molecule has 2 heterocycles. The van der Waals surface area contributed by atoms with Gasteiger partial charge in [0.25, 0.3) is 0 Å². The molecule has 0 unspecified atom stereocenters. The summed E-state index contributed by atoms with van der Waals surface area (Å²) < 4.78 is 0. The third-order valence-corrected chi connectivity index (χ3v) is 4.45. The van der Waals surface area contributed by atoms with E-state index >= 15 is 0 Å². The second-order valence-electron chi connectivity index (χ2n) is 3.82. The summed E-state index contributed by atoms with van der Waals surface area (Å²) in [6.45, 7) is 0. The summed E-state index contributed by atoms with van der Waals surface area (Å²) in [6, 6.07) is 5.69. The highest BCUT2D eigenvalue weighted by Gasteiger charge is 2.17. The maximum Gasteiger partial charge on any atom is 0.0735 e. The van der Waals surface area contributed by atoms with E-state index in [1.54, 1.807) is 0 Å². The molecule has 0 saturated carbocycles. The zero-order valence-corrected chi connectivity index (χ0v) is 10.8. The van der Waals surface area contributed by atoms with Gasteiger partial charge < -0.3 is 0 Å². The van der Waals surface area contributed by atoms with Crippen LogP contribution in [0, 0.1) is 0 Å². The molecule has 0 amide bonds. The monoisotopic (exact) mass is 269 g/mol. The largest absolute Gasteiger partial charge is 0.252 e. The van der Waals surface area contributed by atoms with E-state index in [1.165, 1.54) is 5.56 Å². The fraction of sp³-hybridized carbons (Fsp3) is 0.250. The standard InChI is InChI=1S/C12H9Cl2NS/c13-7-1-2-8-11(5-7)15-10-3-4-16-6-9(10)12(8)14/h1-2,5H,3-4,6H2. The van der Waals surface area contributed by atoms with Crippen molar-refractivity contribution in [1.82, 2.24) is 4.98 Å². The summed E-state index contributed by atoms with van der Waals surface area (Å²) in [4.78, 5) is 4.66. The van der Waals surface area contributed by atoms with E-state index in [4.69, 9.17) is 23.2 Å². The molecular formula is C12H9Cl2NS. The Morgan fingerprint density at radius 3 is 3.00 bits per heavy atom. The summed E-state index contributed by atoms with van der Waals surface area (Å²) >= 11 is 14.3. The number of pyridine rings is 1. The molecule has 0 atom stereocenters. The fourth-order valence-corrected chi connectivity index (χ4v) is 3.56. The summed E-state index contributed by atoms with van der Waals surface area (Å²) in [5.74, 6) is 2.10. The molecule has 0 fully saturated rings. The number of halogens is 2. The van der Waals surface area contributed by atoms with Gasteiger partial charge in [-0.1, -0.05) is 23.2 Å². The fourth-order valence-electron chi connectivity index (χ4n) is 1.98. The van der Waals surface area contributed by atoms with Gasteiger partial charge in [-0.25, -0.2) is 0 Å². The van der Waals surface area contributed by atoms with Crippen LogP contribution >= 0.6 is 35.0 Å². The Hall–Kier alpha value is -0.440. The molecule has 1 nitrogen and oxygen atoms in total. The first-order valence-corrected chi connectivity index (χ1v) is 7.01. The molecule has 16 heavy (non-hydrogen) atoms. The minimum Gasteiger partial charge on any atom is -0.252 e. The first kappa shape index (κ1) is 10.7. The number of hydrogen-bond donors (Lipinski definition) is 0. The summed E-state index contributed by atoms with van der Waals surface area (Å²) in [5, 5.41) is 2.57. The lowest BCUT2D eigenvalue weighted by molar-refractivity contribution is 1.01. The molecule has 0 radical (unpaired) electrons. The van der Waals surface area contributed by atoms with Crippen LogP contribution in [0.3, 0.4) is 0 Å². The van der Waals surface area contributed by atoms with Gasteiger partial charge in [-0.05, 0) is 30.4 Å². The SMILES string of the molecule is Clc1ccc2c(Cl)c3c(nc2c1)CCSC3. The zero-order chi connectivity index (χ0) is 11.1. The lowest BCUT2D eigenvalue weighted by atomic mass is 10.1. The van der Waals surface area contributed by atoms with Gasteiger partial charge in [0.1, 0.15) is 0 Å². The Bertz CT molecular complexity index is 568. The van der Waals surface area contributed by atoms with Crippen molar-refractivity contribution in [1.29, 1.82) is 0 Å². The Morgan fingerprint density at radius 2 is 2.12 bits per heavy atom. The quantitative estimate of drug-likeness (QED) is 0.706. The number of benzene rings is 1. The molecule has 2 aromatic rings. The van der Waals surface area contributed by atoms with Crippen LogP contribution < -0.4 is 0 Å².